The summed E-state index contributed by atoms with van der Waals surface area (Å²) in [5.74, 6) is -0.258. The van der Waals surface area contributed by atoms with Crippen molar-refractivity contribution < 1.29 is 22.4 Å². The van der Waals surface area contributed by atoms with E-state index < -0.39 is 10.0 Å². The average Bonchev–Trinajstić information content (AvgIpc) is 3.44. The van der Waals surface area contributed by atoms with Crippen LogP contribution in [0, 0.1) is 12.8 Å². The zero-order valence-corrected chi connectivity index (χ0v) is 19.1. The Kier molecular flexibility index (Phi) is 6.34. The third kappa shape index (κ3) is 5.15. The van der Waals surface area contributed by atoms with Gasteiger partial charge >= 0.3 is 0 Å². The molecule has 1 aliphatic heterocycles. The molecule has 2 aromatic heterocycles. The zero-order chi connectivity index (χ0) is 23.6. The van der Waals surface area contributed by atoms with Crippen LogP contribution in [0.5, 0.6) is 0 Å². The van der Waals surface area contributed by atoms with Crippen LogP contribution in [-0.2, 0) is 19.6 Å². The number of aryl methyl sites for hydroxylation is 1. The highest BCUT2D eigenvalue weighted by Gasteiger charge is 2.34. The van der Waals surface area contributed by atoms with Crippen LogP contribution >= 0.6 is 0 Å². The van der Waals surface area contributed by atoms with Gasteiger partial charge in [-0.25, -0.2) is 8.42 Å². The van der Waals surface area contributed by atoms with Crippen LogP contribution in [0.3, 0.4) is 0 Å². The minimum absolute atomic E-state index is 0.139. The monoisotopic (exact) mass is 471 g/mol. The molecule has 1 aliphatic rings. The van der Waals surface area contributed by atoms with Crippen LogP contribution in [0.15, 0.2) is 52.0 Å². The molecule has 0 bridgehead atoms. The highest BCUT2D eigenvalue weighted by Crippen LogP contribution is 2.29. The molecule has 0 spiro atoms. The normalized spacial score (nSPS) is 15.3. The Morgan fingerprint density at radius 1 is 1.06 bits per heavy atom. The Hall–Kier alpha value is -3.44. The second-order valence-corrected chi connectivity index (χ2v) is 9.85. The molecule has 10 nitrogen and oxygen atoms in total. The van der Waals surface area contributed by atoms with Crippen molar-refractivity contribution in [2.24, 2.45) is 5.92 Å². The first-order valence-electron chi connectivity index (χ1n) is 10.5. The van der Waals surface area contributed by atoms with E-state index in [-0.39, 0.29) is 35.9 Å². The highest BCUT2D eigenvalue weighted by atomic mass is 32.2. The predicted octanol–water partition coefficient (Wildman–Crippen LogP) is 2.98. The topological polar surface area (TPSA) is 137 Å². The summed E-state index contributed by atoms with van der Waals surface area (Å²) in [6.07, 6.45) is 0.808. The summed E-state index contributed by atoms with van der Waals surface area (Å²) in [5.41, 5.74) is 2.63. The van der Waals surface area contributed by atoms with Gasteiger partial charge in [-0.2, -0.15) is 9.40 Å². The van der Waals surface area contributed by atoms with E-state index in [2.05, 4.69) is 20.8 Å². The number of sulfonamides is 1. The molecule has 11 heteroatoms. The summed E-state index contributed by atoms with van der Waals surface area (Å²) in [6, 6.07) is 11.6. The number of aromatic nitrogens is 2. The van der Waals surface area contributed by atoms with Crippen molar-refractivity contribution in [1.29, 1.82) is 0 Å². The lowest BCUT2D eigenvalue weighted by Crippen LogP contribution is -2.41. The number of benzene rings is 1. The standard InChI is InChI=1S/C22H25N5O5S/c1-14-13-19(26-25-14)20-7-8-21(32-20)33(30,31)27-11-9-16(10-12-27)22(29)24-18-5-3-17(4-6-18)23-15(2)28/h3-8,13,16H,9-12H2,1-2H3,(H,23,28)(H,24,29)(H,25,26). The Balaban J connectivity index is 1.34. The zero-order valence-electron chi connectivity index (χ0n) is 18.3. The second-order valence-electron chi connectivity index (χ2n) is 7.98. The molecule has 1 saturated heterocycles. The maximum absolute atomic E-state index is 13.0. The molecule has 0 aliphatic carbocycles. The molecule has 0 radical (unpaired) electrons. The number of anilines is 2. The van der Waals surface area contributed by atoms with Gasteiger partial charge in [-0.15, -0.1) is 0 Å². The molecular weight excluding hydrogens is 446 g/mol. The van der Waals surface area contributed by atoms with Crippen molar-refractivity contribution in [3.63, 3.8) is 0 Å². The van der Waals surface area contributed by atoms with Gasteiger partial charge in [0.15, 0.2) is 5.76 Å². The highest BCUT2D eigenvalue weighted by molar-refractivity contribution is 7.89. The van der Waals surface area contributed by atoms with Gasteiger partial charge < -0.3 is 15.1 Å². The van der Waals surface area contributed by atoms with Crippen LogP contribution in [0.1, 0.15) is 25.5 Å². The molecule has 1 aromatic carbocycles. The molecule has 3 N–H and O–H groups in total. The van der Waals surface area contributed by atoms with Crippen molar-refractivity contribution in [2.75, 3.05) is 23.7 Å². The molecule has 3 aromatic rings. The van der Waals surface area contributed by atoms with E-state index in [9.17, 15) is 18.0 Å². The van der Waals surface area contributed by atoms with Gasteiger partial charge in [-0.3, -0.25) is 14.7 Å². The second kappa shape index (κ2) is 9.20. The first-order valence-corrected chi connectivity index (χ1v) is 12.0. The maximum Gasteiger partial charge on any atom is 0.276 e. The minimum atomic E-state index is -3.80. The summed E-state index contributed by atoms with van der Waals surface area (Å²) in [4.78, 5) is 23.7. The van der Waals surface area contributed by atoms with Crippen LogP contribution in [0.2, 0.25) is 0 Å². The number of piperidine rings is 1. The number of nitrogens with zero attached hydrogens (tertiary/aromatic N) is 2. The maximum atomic E-state index is 13.0. The third-order valence-electron chi connectivity index (χ3n) is 5.43. The van der Waals surface area contributed by atoms with E-state index in [4.69, 9.17) is 4.42 Å². The van der Waals surface area contributed by atoms with Crippen LogP contribution < -0.4 is 10.6 Å². The first kappa shape index (κ1) is 22.7. The van der Waals surface area contributed by atoms with Gasteiger partial charge in [-0.05, 0) is 62.2 Å². The van der Waals surface area contributed by atoms with E-state index in [1.54, 1.807) is 36.4 Å². The van der Waals surface area contributed by atoms with Crippen molar-refractivity contribution in [3.8, 4) is 11.5 Å². The summed E-state index contributed by atoms with van der Waals surface area (Å²) in [7, 11) is -3.80. The fourth-order valence-electron chi connectivity index (χ4n) is 3.71. The lowest BCUT2D eigenvalue weighted by Gasteiger charge is -2.29. The predicted molar refractivity (Wildman–Crippen MR) is 122 cm³/mol. The van der Waals surface area contributed by atoms with Crippen molar-refractivity contribution in [1.82, 2.24) is 14.5 Å². The van der Waals surface area contributed by atoms with Crippen molar-refractivity contribution in [3.05, 3.63) is 48.2 Å². The van der Waals surface area contributed by atoms with Gasteiger partial charge in [-0.1, -0.05) is 0 Å². The molecule has 1 fully saturated rings. The van der Waals surface area contributed by atoms with Crippen LogP contribution in [0.4, 0.5) is 11.4 Å². The largest absolute Gasteiger partial charge is 0.442 e. The number of H-pyrrole nitrogens is 1. The molecule has 2 amide bonds. The van der Waals surface area contributed by atoms with Crippen molar-refractivity contribution in [2.45, 2.75) is 31.8 Å². The van der Waals surface area contributed by atoms with Gasteiger partial charge in [0.05, 0.1) is 0 Å². The number of carbonyl (C=O) groups excluding carboxylic acids is 2. The van der Waals surface area contributed by atoms with E-state index in [0.717, 1.165) is 5.69 Å². The molecule has 0 saturated carbocycles. The molecule has 3 heterocycles. The molecule has 0 atom stereocenters. The number of rotatable bonds is 6. The molecular formula is C22H25N5O5S. The number of nitrogens with one attached hydrogen (secondary N) is 3. The number of aromatic amines is 1. The number of hydrogen-bond donors (Lipinski definition) is 3. The summed E-state index contributed by atoms with van der Waals surface area (Å²) < 4.78 is 32.9. The third-order valence-corrected chi connectivity index (χ3v) is 7.20. The minimum Gasteiger partial charge on any atom is -0.442 e. The van der Waals surface area contributed by atoms with Crippen LogP contribution in [0.25, 0.3) is 11.5 Å². The Labute approximate surface area is 191 Å². The lowest BCUT2D eigenvalue weighted by atomic mass is 9.97. The fourth-order valence-corrected chi connectivity index (χ4v) is 5.09. The van der Waals surface area contributed by atoms with Gasteiger partial charge in [0, 0.05) is 43.0 Å². The molecule has 4 rings (SSSR count). The number of furan rings is 1. The SMILES string of the molecule is CC(=O)Nc1ccc(NC(=O)C2CCN(S(=O)(=O)c3ccc(-c4cc(C)[nH]n4)o3)CC2)cc1. The Bertz CT molecular complexity index is 1250. The lowest BCUT2D eigenvalue weighted by molar-refractivity contribution is -0.121. The first-order chi connectivity index (χ1) is 15.7. The Morgan fingerprint density at radius 2 is 1.70 bits per heavy atom. The van der Waals surface area contributed by atoms with E-state index in [0.29, 0.717) is 35.7 Å². The van der Waals surface area contributed by atoms with E-state index in [1.165, 1.54) is 17.3 Å². The van der Waals surface area contributed by atoms with E-state index >= 15 is 0 Å². The Morgan fingerprint density at radius 3 is 2.27 bits per heavy atom. The van der Waals surface area contributed by atoms with Gasteiger partial charge in [0.1, 0.15) is 5.69 Å². The van der Waals surface area contributed by atoms with Crippen LogP contribution in [-0.4, -0.2) is 47.8 Å². The summed E-state index contributed by atoms with van der Waals surface area (Å²) >= 11 is 0. The average molecular weight is 472 g/mol. The van der Waals surface area contributed by atoms with E-state index in [1.807, 2.05) is 6.92 Å². The van der Waals surface area contributed by atoms with Gasteiger partial charge in [0.2, 0.25) is 16.9 Å². The van der Waals surface area contributed by atoms with Gasteiger partial charge in [0.25, 0.3) is 10.0 Å². The smallest absolute Gasteiger partial charge is 0.276 e. The number of carbonyl (C=O) groups is 2. The number of amides is 2. The molecule has 0 unspecified atom stereocenters. The quantitative estimate of drug-likeness (QED) is 0.505. The summed E-state index contributed by atoms with van der Waals surface area (Å²) in [5, 5.41) is 12.3. The molecule has 174 valence electrons. The van der Waals surface area contributed by atoms with Crippen molar-refractivity contribution >= 4 is 33.2 Å². The number of hydrogen-bond acceptors (Lipinski definition) is 6. The fraction of sp³-hybridized carbons (Fsp3) is 0.318. The molecule has 33 heavy (non-hydrogen) atoms. The summed E-state index contributed by atoms with van der Waals surface area (Å²) in [6.45, 7) is 3.71.